The highest BCUT2D eigenvalue weighted by Crippen LogP contribution is 2.30. The summed E-state index contributed by atoms with van der Waals surface area (Å²) >= 11 is 0. The SMILES string of the molecule is CCc1ccc2c(c1)NC(CCO)CO2. The fourth-order valence-electron chi connectivity index (χ4n) is 1.80. The average Bonchev–Trinajstić information content (AvgIpc) is 2.28. The second-order valence-corrected chi connectivity index (χ2v) is 3.85. The zero-order valence-corrected chi connectivity index (χ0v) is 8.99. The van der Waals surface area contributed by atoms with Crippen LogP contribution in [0.15, 0.2) is 18.2 Å². The number of aryl methyl sites for hydroxylation is 1. The van der Waals surface area contributed by atoms with Gasteiger partial charge in [-0.3, -0.25) is 0 Å². The fraction of sp³-hybridized carbons (Fsp3) is 0.500. The van der Waals surface area contributed by atoms with Crippen LogP contribution in [0.4, 0.5) is 5.69 Å². The molecule has 1 aliphatic rings. The molecule has 2 N–H and O–H groups in total. The molecule has 0 aliphatic carbocycles. The van der Waals surface area contributed by atoms with Crippen LogP contribution >= 0.6 is 0 Å². The molecule has 0 fully saturated rings. The van der Waals surface area contributed by atoms with E-state index in [1.54, 1.807) is 0 Å². The van der Waals surface area contributed by atoms with Gasteiger partial charge in [0, 0.05) is 6.61 Å². The fourth-order valence-corrected chi connectivity index (χ4v) is 1.80. The van der Waals surface area contributed by atoms with Crippen molar-refractivity contribution in [3.8, 4) is 5.75 Å². The van der Waals surface area contributed by atoms with Crippen molar-refractivity contribution in [2.24, 2.45) is 0 Å². The topological polar surface area (TPSA) is 41.5 Å². The van der Waals surface area contributed by atoms with Gasteiger partial charge in [-0.05, 0) is 30.5 Å². The van der Waals surface area contributed by atoms with Crippen LogP contribution in [0.2, 0.25) is 0 Å². The molecule has 0 bridgehead atoms. The Balaban J connectivity index is 2.16. The Kier molecular flexibility index (Phi) is 3.11. The number of nitrogens with one attached hydrogen (secondary N) is 1. The molecule has 3 nitrogen and oxygen atoms in total. The first-order valence-corrected chi connectivity index (χ1v) is 5.46. The molecule has 0 saturated carbocycles. The van der Waals surface area contributed by atoms with Gasteiger partial charge in [-0.2, -0.15) is 0 Å². The van der Waals surface area contributed by atoms with E-state index in [4.69, 9.17) is 9.84 Å². The lowest BCUT2D eigenvalue weighted by atomic mass is 10.1. The number of aliphatic hydroxyl groups is 1. The van der Waals surface area contributed by atoms with Gasteiger partial charge in [0.25, 0.3) is 0 Å². The Morgan fingerprint density at radius 2 is 2.40 bits per heavy atom. The Labute approximate surface area is 90.1 Å². The van der Waals surface area contributed by atoms with Crippen molar-refractivity contribution < 1.29 is 9.84 Å². The lowest BCUT2D eigenvalue weighted by Crippen LogP contribution is -2.32. The van der Waals surface area contributed by atoms with Gasteiger partial charge in [0.2, 0.25) is 0 Å². The van der Waals surface area contributed by atoms with Gasteiger partial charge in [-0.15, -0.1) is 0 Å². The molecule has 0 radical (unpaired) electrons. The lowest BCUT2D eigenvalue weighted by Gasteiger charge is -2.27. The van der Waals surface area contributed by atoms with E-state index in [0.29, 0.717) is 6.61 Å². The highest BCUT2D eigenvalue weighted by molar-refractivity contribution is 5.60. The lowest BCUT2D eigenvalue weighted by molar-refractivity contribution is 0.233. The van der Waals surface area contributed by atoms with E-state index in [9.17, 15) is 0 Å². The van der Waals surface area contributed by atoms with Crippen molar-refractivity contribution in [1.29, 1.82) is 0 Å². The van der Waals surface area contributed by atoms with Crippen LogP contribution in [0.1, 0.15) is 18.9 Å². The Hall–Kier alpha value is -1.22. The molecule has 3 heteroatoms. The molecule has 1 atom stereocenters. The third-order valence-corrected chi connectivity index (χ3v) is 2.73. The summed E-state index contributed by atoms with van der Waals surface area (Å²) in [5.74, 6) is 0.918. The maximum absolute atomic E-state index is 8.87. The molecular weight excluding hydrogens is 190 g/mol. The predicted octanol–water partition coefficient (Wildman–Crippen LogP) is 1.80. The minimum atomic E-state index is 0.198. The summed E-state index contributed by atoms with van der Waals surface area (Å²) in [5, 5.41) is 12.3. The van der Waals surface area contributed by atoms with Crippen LogP contribution in [-0.4, -0.2) is 24.4 Å². The first-order valence-electron chi connectivity index (χ1n) is 5.46. The Morgan fingerprint density at radius 3 is 3.13 bits per heavy atom. The van der Waals surface area contributed by atoms with Crippen molar-refractivity contribution in [2.45, 2.75) is 25.8 Å². The van der Waals surface area contributed by atoms with Gasteiger partial charge in [0.15, 0.2) is 0 Å². The van der Waals surface area contributed by atoms with E-state index >= 15 is 0 Å². The highest BCUT2D eigenvalue weighted by atomic mass is 16.5. The third kappa shape index (κ3) is 2.23. The van der Waals surface area contributed by atoms with Crippen molar-refractivity contribution >= 4 is 5.69 Å². The maximum atomic E-state index is 8.87. The molecule has 0 spiro atoms. The first kappa shape index (κ1) is 10.3. The zero-order chi connectivity index (χ0) is 10.7. The van der Waals surface area contributed by atoms with E-state index < -0.39 is 0 Å². The van der Waals surface area contributed by atoms with Crippen molar-refractivity contribution in [2.75, 3.05) is 18.5 Å². The van der Waals surface area contributed by atoms with E-state index in [1.807, 2.05) is 6.07 Å². The van der Waals surface area contributed by atoms with E-state index in [1.165, 1.54) is 5.56 Å². The Bertz CT molecular complexity index is 338. The van der Waals surface area contributed by atoms with Crippen LogP contribution in [0, 0.1) is 0 Å². The minimum Gasteiger partial charge on any atom is -0.489 e. The van der Waals surface area contributed by atoms with Crippen LogP contribution in [0.5, 0.6) is 5.75 Å². The summed E-state index contributed by atoms with van der Waals surface area (Å²) in [6.07, 6.45) is 1.76. The van der Waals surface area contributed by atoms with Crippen LogP contribution in [0.25, 0.3) is 0 Å². The van der Waals surface area contributed by atoms with Gasteiger partial charge in [0.05, 0.1) is 11.7 Å². The number of rotatable bonds is 3. The van der Waals surface area contributed by atoms with Crippen LogP contribution < -0.4 is 10.1 Å². The van der Waals surface area contributed by atoms with Gasteiger partial charge in [-0.1, -0.05) is 13.0 Å². The highest BCUT2D eigenvalue weighted by Gasteiger charge is 2.18. The van der Waals surface area contributed by atoms with Crippen molar-refractivity contribution in [1.82, 2.24) is 0 Å². The van der Waals surface area contributed by atoms with Gasteiger partial charge >= 0.3 is 0 Å². The molecule has 82 valence electrons. The first-order chi connectivity index (χ1) is 7.33. The zero-order valence-electron chi connectivity index (χ0n) is 8.99. The quantitative estimate of drug-likeness (QED) is 0.794. The number of benzene rings is 1. The van der Waals surface area contributed by atoms with Crippen LogP contribution in [0.3, 0.4) is 0 Å². The number of fused-ring (bicyclic) bond motifs is 1. The molecule has 1 aromatic carbocycles. The Morgan fingerprint density at radius 1 is 1.53 bits per heavy atom. The third-order valence-electron chi connectivity index (χ3n) is 2.73. The molecule has 0 aromatic heterocycles. The monoisotopic (exact) mass is 207 g/mol. The molecule has 1 aliphatic heterocycles. The normalized spacial score (nSPS) is 18.9. The standard InChI is InChI=1S/C12H17NO2/c1-2-9-3-4-12-11(7-9)13-10(5-6-14)8-15-12/h3-4,7,10,13-14H,2,5-6,8H2,1H3. The molecule has 1 heterocycles. The molecular formula is C12H17NO2. The van der Waals surface area contributed by atoms with Gasteiger partial charge in [-0.25, -0.2) is 0 Å². The number of ether oxygens (including phenoxy) is 1. The molecule has 1 unspecified atom stereocenters. The molecule has 1 aromatic rings. The average molecular weight is 207 g/mol. The molecule has 0 saturated heterocycles. The van der Waals surface area contributed by atoms with Crippen molar-refractivity contribution in [3.63, 3.8) is 0 Å². The summed E-state index contributed by atoms with van der Waals surface area (Å²) in [7, 11) is 0. The van der Waals surface area contributed by atoms with E-state index in [0.717, 1.165) is 24.3 Å². The predicted molar refractivity (Wildman–Crippen MR) is 60.4 cm³/mol. The summed E-state index contributed by atoms with van der Waals surface area (Å²) in [6, 6.07) is 6.46. The number of aliphatic hydroxyl groups excluding tert-OH is 1. The maximum Gasteiger partial charge on any atom is 0.142 e. The molecule has 2 rings (SSSR count). The smallest absolute Gasteiger partial charge is 0.142 e. The largest absolute Gasteiger partial charge is 0.489 e. The van der Waals surface area contributed by atoms with Crippen LogP contribution in [-0.2, 0) is 6.42 Å². The second kappa shape index (κ2) is 4.53. The minimum absolute atomic E-state index is 0.198. The van der Waals surface area contributed by atoms with Crippen molar-refractivity contribution in [3.05, 3.63) is 23.8 Å². The molecule has 15 heavy (non-hydrogen) atoms. The molecule has 0 amide bonds. The summed E-state index contributed by atoms with van der Waals surface area (Å²) in [4.78, 5) is 0. The summed E-state index contributed by atoms with van der Waals surface area (Å²) < 4.78 is 5.61. The number of hydrogen-bond acceptors (Lipinski definition) is 3. The summed E-state index contributed by atoms with van der Waals surface area (Å²) in [6.45, 7) is 2.97. The second-order valence-electron chi connectivity index (χ2n) is 3.85. The van der Waals surface area contributed by atoms with Gasteiger partial charge < -0.3 is 15.2 Å². The van der Waals surface area contributed by atoms with E-state index in [2.05, 4.69) is 24.4 Å². The summed E-state index contributed by atoms with van der Waals surface area (Å²) in [5.41, 5.74) is 2.36. The van der Waals surface area contributed by atoms with Gasteiger partial charge in [0.1, 0.15) is 12.4 Å². The van der Waals surface area contributed by atoms with E-state index in [-0.39, 0.29) is 12.6 Å². The number of hydrogen-bond donors (Lipinski definition) is 2. The number of anilines is 1.